The predicted molar refractivity (Wildman–Crippen MR) is 306 cm³/mol. The van der Waals surface area contributed by atoms with Crippen LogP contribution < -0.4 is 48.7 Å². The van der Waals surface area contributed by atoms with Crippen LogP contribution in [0.1, 0.15) is 214 Å². The van der Waals surface area contributed by atoms with E-state index in [-0.39, 0.29) is 25.8 Å². The van der Waals surface area contributed by atoms with Gasteiger partial charge in [0.15, 0.2) is 6.29 Å². The Kier molecular flexibility index (Phi) is 42.2. The van der Waals surface area contributed by atoms with E-state index in [4.69, 9.17) is 20.9 Å². The summed E-state index contributed by atoms with van der Waals surface area (Å²) in [5.74, 6) is -6.72. The van der Waals surface area contributed by atoms with Crippen molar-refractivity contribution in [3.8, 4) is 0 Å². The van der Waals surface area contributed by atoms with Gasteiger partial charge >= 0.3 is 0 Å². The average molecular weight is 1160 g/mol. The zero-order valence-corrected chi connectivity index (χ0v) is 49.4. The molecule has 470 valence electrons. The summed E-state index contributed by atoms with van der Waals surface area (Å²) >= 11 is 0. The number of primary amides is 1. The van der Waals surface area contributed by atoms with Crippen LogP contribution in [-0.4, -0.2) is 173 Å². The summed E-state index contributed by atoms with van der Waals surface area (Å²) in [6.07, 6.45) is 21.3. The fourth-order valence-corrected chi connectivity index (χ4v) is 9.68. The number of aliphatic hydroxyl groups is 5. The van der Waals surface area contributed by atoms with Crippen LogP contribution in [-0.2, 0) is 47.8 Å². The van der Waals surface area contributed by atoms with Crippen molar-refractivity contribution in [2.75, 3.05) is 33.0 Å². The second-order valence-electron chi connectivity index (χ2n) is 21.7. The first-order chi connectivity index (χ1) is 38.9. The third-order valence-corrected chi connectivity index (χ3v) is 14.6. The van der Waals surface area contributed by atoms with E-state index in [9.17, 15) is 63.9 Å². The molecule has 8 amide bonds. The smallest absolute Gasteiger partial charge is 0.245 e. The summed E-state index contributed by atoms with van der Waals surface area (Å²) in [5, 5.41) is 68.8. The molecule has 1 fully saturated rings. The van der Waals surface area contributed by atoms with Crippen molar-refractivity contribution in [2.24, 2.45) is 11.5 Å². The summed E-state index contributed by atoms with van der Waals surface area (Å²) < 4.78 is 11.3. The van der Waals surface area contributed by atoms with Gasteiger partial charge in [-0.25, -0.2) is 0 Å². The van der Waals surface area contributed by atoms with Gasteiger partial charge < -0.3 is 83.7 Å². The number of carbonyl (C=O) groups excluding carboxylic acids is 8. The lowest BCUT2D eigenvalue weighted by Gasteiger charge is -2.42. The van der Waals surface area contributed by atoms with Crippen LogP contribution in [0.2, 0.25) is 0 Å². The van der Waals surface area contributed by atoms with Crippen molar-refractivity contribution in [1.29, 1.82) is 0 Å². The molecule has 1 aliphatic rings. The molecule has 0 aliphatic carbocycles. The highest BCUT2D eigenvalue weighted by molar-refractivity contribution is 5.97. The Balaban J connectivity index is 3.14. The predicted octanol–water partition coefficient (Wildman–Crippen LogP) is 1.66. The Morgan fingerprint density at radius 1 is 0.457 bits per heavy atom. The van der Waals surface area contributed by atoms with Crippen molar-refractivity contribution in [3.05, 3.63) is 0 Å². The molecular formula is C57H107N9O15. The fourth-order valence-electron chi connectivity index (χ4n) is 9.68. The molecule has 1 rings (SSSR count). The third kappa shape index (κ3) is 32.8. The lowest BCUT2D eigenvalue weighted by Crippen LogP contribution is -2.65. The number of aliphatic hydroxyl groups excluding tert-OH is 5. The average Bonchev–Trinajstić information content (AvgIpc) is 3.49. The number of nitrogens with one attached hydrogen (secondary N) is 7. The lowest BCUT2D eigenvalue weighted by molar-refractivity contribution is -0.271. The Bertz CT molecular complexity index is 1790. The van der Waals surface area contributed by atoms with E-state index >= 15 is 0 Å². The van der Waals surface area contributed by atoms with E-state index in [1.54, 1.807) is 0 Å². The molecular weight excluding hydrogens is 1050 g/mol. The molecule has 81 heavy (non-hydrogen) atoms. The van der Waals surface area contributed by atoms with Crippen molar-refractivity contribution < 1.29 is 73.4 Å². The second kappa shape index (κ2) is 45.9. The number of carbonyl (C=O) groups is 8. The van der Waals surface area contributed by atoms with Crippen molar-refractivity contribution >= 4 is 47.3 Å². The normalized spacial score (nSPS) is 19.2. The van der Waals surface area contributed by atoms with Gasteiger partial charge in [-0.1, -0.05) is 168 Å². The monoisotopic (exact) mass is 1160 g/mol. The van der Waals surface area contributed by atoms with Gasteiger partial charge in [-0.15, -0.1) is 0 Å². The van der Waals surface area contributed by atoms with Crippen molar-refractivity contribution in [3.63, 3.8) is 0 Å². The van der Waals surface area contributed by atoms with Crippen LogP contribution in [0.25, 0.3) is 0 Å². The molecule has 24 heteroatoms. The van der Waals surface area contributed by atoms with Gasteiger partial charge in [0.25, 0.3) is 0 Å². The Morgan fingerprint density at radius 2 is 0.802 bits per heavy atom. The number of amides is 8. The minimum Gasteiger partial charge on any atom is -0.394 e. The van der Waals surface area contributed by atoms with Crippen LogP contribution in [0, 0.1) is 0 Å². The molecule has 1 aliphatic heterocycles. The number of rotatable bonds is 49. The highest BCUT2D eigenvalue weighted by Crippen LogP contribution is 2.23. The Morgan fingerprint density at radius 3 is 1.16 bits per heavy atom. The summed E-state index contributed by atoms with van der Waals surface area (Å²) in [4.78, 5) is 106. The Labute approximate surface area is 481 Å². The molecule has 1 saturated heterocycles. The summed E-state index contributed by atoms with van der Waals surface area (Å²) in [7, 11) is 0. The van der Waals surface area contributed by atoms with Gasteiger partial charge in [-0.05, 0) is 38.6 Å². The van der Waals surface area contributed by atoms with Crippen LogP contribution in [0.3, 0.4) is 0 Å². The first-order valence-corrected chi connectivity index (χ1v) is 30.4. The first-order valence-electron chi connectivity index (χ1n) is 30.4. The van der Waals surface area contributed by atoms with Crippen LogP contribution in [0.15, 0.2) is 0 Å². The molecule has 11 atom stereocenters. The number of hydrogen-bond acceptors (Lipinski definition) is 16. The van der Waals surface area contributed by atoms with E-state index in [0.29, 0.717) is 25.7 Å². The van der Waals surface area contributed by atoms with E-state index in [1.165, 1.54) is 83.5 Å². The topological polar surface area (TPSA) is 392 Å². The minimum absolute atomic E-state index is 0.0545. The maximum atomic E-state index is 13.9. The molecule has 0 spiro atoms. The SMILES string of the molecule is CCCCCCCCCCCCCCC(NC(=O)C(CCCCCCCCCCCCCC)NC(=O)[C@H](CO)NC(=O)[C@H](CO)NC(=O)[C@H](CCCCN)NC(=O)[C@H](CO[C@H]1O[C@H](CO)[C@H](O)[C@H](O)[C@H]1NC(C)=O)NC(C)=O)C(N)=O. The third-order valence-electron chi connectivity index (χ3n) is 14.6. The van der Waals surface area contributed by atoms with Crippen LogP contribution >= 0.6 is 0 Å². The van der Waals surface area contributed by atoms with Gasteiger partial charge in [0, 0.05) is 13.8 Å². The molecule has 24 nitrogen and oxygen atoms in total. The van der Waals surface area contributed by atoms with Gasteiger partial charge in [-0.3, -0.25) is 38.4 Å². The van der Waals surface area contributed by atoms with Gasteiger partial charge in [-0.2, -0.15) is 0 Å². The van der Waals surface area contributed by atoms with E-state index < -0.39 is 141 Å². The summed E-state index contributed by atoms with van der Waals surface area (Å²) in [6, 6.07) is -9.94. The van der Waals surface area contributed by atoms with E-state index in [2.05, 4.69) is 51.1 Å². The lowest BCUT2D eigenvalue weighted by atomic mass is 9.97. The zero-order chi connectivity index (χ0) is 60.4. The highest BCUT2D eigenvalue weighted by atomic mass is 16.7. The summed E-state index contributed by atoms with van der Waals surface area (Å²) in [6.45, 7) is 3.47. The number of nitrogens with two attached hydrogens (primary N) is 2. The minimum atomic E-state index is -1.74. The molecule has 1 heterocycles. The largest absolute Gasteiger partial charge is 0.394 e. The van der Waals surface area contributed by atoms with Gasteiger partial charge in [0.2, 0.25) is 47.3 Å². The molecule has 0 saturated carbocycles. The molecule has 0 bridgehead atoms. The molecule has 2 unspecified atom stereocenters. The van der Waals surface area contributed by atoms with Crippen molar-refractivity contribution in [1.82, 2.24) is 37.2 Å². The van der Waals surface area contributed by atoms with E-state index in [1.807, 2.05) is 0 Å². The molecule has 0 aromatic carbocycles. The Hall–Kier alpha value is -4.56. The zero-order valence-electron chi connectivity index (χ0n) is 49.4. The molecule has 0 radical (unpaired) electrons. The first kappa shape index (κ1) is 74.5. The number of ether oxygens (including phenoxy) is 2. The maximum Gasteiger partial charge on any atom is 0.245 e. The molecule has 0 aromatic heterocycles. The molecule has 16 N–H and O–H groups in total. The number of hydrogen-bond donors (Lipinski definition) is 14. The van der Waals surface area contributed by atoms with Crippen LogP contribution in [0.4, 0.5) is 0 Å². The van der Waals surface area contributed by atoms with Crippen LogP contribution in [0.5, 0.6) is 0 Å². The van der Waals surface area contributed by atoms with Gasteiger partial charge in [0.1, 0.15) is 60.6 Å². The number of unbranched alkanes of at least 4 members (excludes halogenated alkanes) is 23. The molecule has 0 aromatic rings. The van der Waals surface area contributed by atoms with Crippen molar-refractivity contribution in [2.45, 2.75) is 281 Å². The quantitative estimate of drug-likeness (QED) is 0.0385. The highest BCUT2D eigenvalue weighted by Gasteiger charge is 2.46. The fraction of sp³-hybridized carbons (Fsp3) is 0.860. The maximum absolute atomic E-state index is 13.9. The second-order valence-corrected chi connectivity index (χ2v) is 21.7. The standard InChI is InChI=1S/C57H107N9O15/c1-5-7-9-11-13-15-17-19-21-23-25-27-31-41(51(59)74)62-52(75)42(32-28-26-24-22-20-18-16-14-12-10-8-6-2)63-54(77)44(35-67)66-55(78)45(36-68)65-53(76)43(33-29-30-34-58)64-56(79)46(60-39(3)70)38-80-57-48(61-40(4)71)50(73)49(72)47(37-69)81-57/h41-50,57,67-69,72-73H,5-38,58H2,1-4H3,(H2,59,74)(H,60,70)(H,61,71)(H,62,75)(H,63,77)(H,64,79)(H,65,76)(H,66,78)/t41?,42?,43-,44-,45-,46-,47+,48+,49-,50+,57-/m0/s1. The summed E-state index contributed by atoms with van der Waals surface area (Å²) in [5.41, 5.74) is 11.5. The van der Waals surface area contributed by atoms with E-state index in [0.717, 1.165) is 71.6 Å². The van der Waals surface area contributed by atoms with Gasteiger partial charge in [0.05, 0.1) is 26.4 Å².